The van der Waals surface area contributed by atoms with Crippen LogP contribution in [0.3, 0.4) is 0 Å². The van der Waals surface area contributed by atoms with Crippen molar-refractivity contribution in [1.29, 1.82) is 0 Å². The molecule has 0 aliphatic carbocycles. The second-order valence-corrected chi connectivity index (χ2v) is 3.84. The van der Waals surface area contributed by atoms with Gasteiger partial charge in [0.1, 0.15) is 6.29 Å². The molecule has 0 aromatic heterocycles. The minimum Gasteiger partial charge on any atom is -0.466 e. The van der Waals surface area contributed by atoms with E-state index in [4.69, 9.17) is 4.74 Å². The van der Waals surface area contributed by atoms with Crippen LogP contribution in [0.15, 0.2) is 30.3 Å². The number of benzene rings is 1. The molecule has 0 saturated heterocycles. The van der Waals surface area contributed by atoms with Crippen LogP contribution in [0.5, 0.6) is 0 Å². The zero-order chi connectivity index (χ0) is 12.7. The van der Waals surface area contributed by atoms with Gasteiger partial charge in [-0.3, -0.25) is 4.79 Å². The lowest BCUT2D eigenvalue weighted by Gasteiger charge is -2.20. The lowest BCUT2D eigenvalue weighted by atomic mass is 9.85. The summed E-state index contributed by atoms with van der Waals surface area (Å²) in [4.78, 5) is 23.0. The van der Waals surface area contributed by atoms with Gasteiger partial charge in [-0.05, 0) is 18.9 Å². The number of carbonyl (C=O) groups is 2. The van der Waals surface area contributed by atoms with Crippen LogP contribution in [0.25, 0.3) is 0 Å². The second-order valence-electron chi connectivity index (χ2n) is 3.84. The van der Waals surface area contributed by atoms with Gasteiger partial charge < -0.3 is 9.53 Å². The monoisotopic (exact) mass is 234 g/mol. The number of rotatable bonds is 6. The summed E-state index contributed by atoms with van der Waals surface area (Å²) in [6.07, 6.45) is 1.43. The molecule has 3 heteroatoms. The molecule has 0 aliphatic heterocycles. The molecule has 1 aromatic rings. The summed E-state index contributed by atoms with van der Waals surface area (Å²) < 4.78 is 5.00. The highest BCUT2D eigenvalue weighted by Gasteiger charge is 2.28. The van der Waals surface area contributed by atoms with Crippen LogP contribution in [0, 0.1) is 5.92 Å². The van der Waals surface area contributed by atoms with Crippen molar-refractivity contribution in [3.05, 3.63) is 35.9 Å². The van der Waals surface area contributed by atoms with E-state index in [0.29, 0.717) is 13.0 Å². The lowest BCUT2D eigenvalue weighted by Crippen LogP contribution is -2.25. The molecule has 92 valence electrons. The van der Waals surface area contributed by atoms with Gasteiger partial charge in [-0.2, -0.15) is 0 Å². The van der Waals surface area contributed by atoms with Gasteiger partial charge in [-0.15, -0.1) is 0 Å². The van der Waals surface area contributed by atoms with Gasteiger partial charge >= 0.3 is 5.97 Å². The first-order valence-electron chi connectivity index (χ1n) is 5.91. The molecule has 2 atom stereocenters. The number of aldehydes is 1. The van der Waals surface area contributed by atoms with E-state index in [1.165, 1.54) is 0 Å². The highest BCUT2D eigenvalue weighted by molar-refractivity contribution is 5.79. The summed E-state index contributed by atoms with van der Waals surface area (Å²) in [5.74, 6) is -1.11. The first-order chi connectivity index (χ1) is 8.24. The largest absolute Gasteiger partial charge is 0.466 e. The molecule has 0 radical (unpaired) electrons. The van der Waals surface area contributed by atoms with E-state index in [1.54, 1.807) is 6.92 Å². The highest BCUT2D eigenvalue weighted by Crippen LogP contribution is 2.26. The fourth-order valence-electron chi connectivity index (χ4n) is 1.90. The molecule has 0 heterocycles. The van der Waals surface area contributed by atoms with E-state index >= 15 is 0 Å². The maximum absolute atomic E-state index is 11.8. The Kier molecular flexibility index (Phi) is 5.40. The SMILES string of the molecule is CCOC(=O)C(CC)C(C=O)c1ccccc1. The van der Waals surface area contributed by atoms with Gasteiger partial charge in [0.05, 0.1) is 18.4 Å². The van der Waals surface area contributed by atoms with Crippen molar-refractivity contribution < 1.29 is 14.3 Å². The third-order valence-electron chi connectivity index (χ3n) is 2.79. The van der Waals surface area contributed by atoms with E-state index in [9.17, 15) is 9.59 Å². The summed E-state index contributed by atoms with van der Waals surface area (Å²) in [5, 5.41) is 0. The molecule has 0 aliphatic rings. The molecule has 1 aromatic carbocycles. The molecule has 0 fully saturated rings. The summed E-state index contributed by atoms with van der Waals surface area (Å²) >= 11 is 0. The number of ether oxygens (including phenoxy) is 1. The molecule has 0 N–H and O–H groups in total. The zero-order valence-corrected chi connectivity index (χ0v) is 10.3. The highest BCUT2D eigenvalue weighted by atomic mass is 16.5. The van der Waals surface area contributed by atoms with Crippen LogP contribution in [0.2, 0.25) is 0 Å². The van der Waals surface area contributed by atoms with E-state index in [2.05, 4.69) is 0 Å². The Hall–Kier alpha value is -1.64. The smallest absolute Gasteiger partial charge is 0.309 e. The number of esters is 1. The van der Waals surface area contributed by atoms with Crippen LogP contribution in [-0.4, -0.2) is 18.9 Å². The average molecular weight is 234 g/mol. The van der Waals surface area contributed by atoms with Crippen molar-refractivity contribution in [2.45, 2.75) is 26.2 Å². The Bertz CT molecular complexity index is 359. The van der Waals surface area contributed by atoms with Crippen LogP contribution in [0.4, 0.5) is 0 Å². The fourth-order valence-corrected chi connectivity index (χ4v) is 1.90. The maximum Gasteiger partial charge on any atom is 0.309 e. The lowest BCUT2D eigenvalue weighted by molar-refractivity contribution is -0.149. The number of carbonyl (C=O) groups excluding carboxylic acids is 2. The van der Waals surface area contributed by atoms with Crippen molar-refractivity contribution in [3.8, 4) is 0 Å². The predicted octanol–water partition coefficient (Wildman–Crippen LogP) is 2.56. The van der Waals surface area contributed by atoms with Crippen molar-refractivity contribution in [1.82, 2.24) is 0 Å². The average Bonchev–Trinajstić information content (AvgIpc) is 2.37. The van der Waals surface area contributed by atoms with Crippen LogP contribution in [-0.2, 0) is 14.3 Å². The second kappa shape index (κ2) is 6.84. The van der Waals surface area contributed by atoms with Gasteiger partial charge in [-0.1, -0.05) is 37.3 Å². The molecule has 17 heavy (non-hydrogen) atoms. The van der Waals surface area contributed by atoms with E-state index in [1.807, 2.05) is 37.3 Å². The summed E-state index contributed by atoms with van der Waals surface area (Å²) in [7, 11) is 0. The molecule has 0 amide bonds. The summed E-state index contributed by atoms with van der Waals surface area (Å²) in [6, 6.07) is 9.34. The van der Waals surface area contributed by atoms with Crippen LogP contribution < -0.4 is 0 Å². The summed E-state index contributed by atoms with van der Waals surface area (Å²) in [6.45, 7) is 4.00. The van der Waals surface area contributed by atoms with Crippen molar-refractivity contribution in [2.24, 2.45) is 5.92 Å². The molecule has 0 bridgehead atoms. The Morgan fingerprint density at radius 1 is 1.29 bits per heavy atom. The minimum absolute atomic E-state index is 0.295. The Balaban J connectivity index is 2.91. The van der Waals surface area contributed by atoms with E-state index in [-0.39, 0.29) is 5.97 Å². The van der Waals surface area contributed by atoms with Gasteiger partial charge in [0.25, 0.3) is 0 Å². The first kappa shape index (κ1) is 13.4. The molecule has 1 rings (SSSR count). The van der Waals surface area contributed by atoms with E-state index in [0.717, 1.165) is 11.8 Å². The standard InChI is InChI=1S/C14H18O3/c1-3-12(14(16)17-4-2)13(10-15)11-8-6-5-7-9-11/h5-10,12-13H,3-4H2,1-2H3. The van der Waals surface area contributed by atoms with Gasteiger partial charge in [-0.25, -0.2) is 0 Å². The van der Waals surface area contributed by atoms with Crippen molar-refractivity contribution in [3.63, 3.8) is 0 Å². The predicted molar refractivity (Wildman–Crippen MR) is 65.7 cm³/mol. The molecule has 2 unspecified atom stereocenters. The molecule has 0 saturated carbocycles. The molecule has 0 spiro atoms. The third-order valence-corrected chi connectivity index (χ3v) is 2.79. The number of hydrogen-bond acceptors (Lipinski definition) is 3. The maximum atomic E-state index is 11.8. The Labute approximate surface area is 102 Å². The normalized spacial score (nSPS) is 13.8. The van der Waals surface area contributed by atoms with E-state index < -0.39 is 11.8 Å². The minimum atomic E-state index is -0.416. The van der Waals surface area contributed by atoms with Crippen LogP contribution >= 0.6 is 0 Å². The number of hydrogen-bond donors (Lipinski definition) is 0. The van der Waals surface area contributed by atoms with Gasteiger partial charge in [0.15, 0.2) is 0 Å². The zero-order valence-electron chi connectivity index (χ0n) is 10.3. The van der Waals surface area contributed by atoms with Gasteiger partial charge in [0.2, 0.25) is 0 Å². The quantitative estimate of drug-likeness (QED) is 0.561. The summed E-state index contributed by atoms with van der Waals surface area (Å²) in [5.41, 5.74) is 0.863. The molecular weight excluding hydrogens is 216 g/mol. The molecular formula is C14H18O3. The Morgan fingerprint density at radius 3 is 2.41 bits per heavy atom. The topological polar surface area (TPSA) is 43.4 Å². The first-order valence-corrected chi connectivity index (χ1v) is 5.91. The van der Waals surface area contributed by atoms with Crippen molar-refractivity contribution in [2.75, 3.05) is 6.61 Å². The third kappa shape index (κ3) is 3.41. The van der Waals surface area contributed by atoms with Gasteiger partial charge in [0, 0.05) is 0 Å². The fraction of sp³-hybridized carbons (Fsp3) is 0.429. The van der Waals surface area contributed by atoms with Crippen LogP contribution in [0.1, 0.15) is 31.7 Å². The Morgan fingerprint density at radius 2 is 1.94 bits per heavy atom. The molecule has 3 nitrogen and oxygen atoms in total. The van der Waals surface area contributed by atoms with Crippen molar-refractivity contribution >= 4 is 12.3 Å².